The lowest BCUT2D eigenvalue weighted by Crippen LogP contribution is -2.64. The standard InChI is InChI=1S/C48H79N11O19/c1-4-5-6-7-8-9-10-11-12-15-26-22-31(63)55-32(25(3)61)40(68)52-24(2)43(71)58-20-14-17-29(58)39(67)53-27(16-13-19-51-48(49)50)38(66)56-33(36(64)45(73)74)41(69)54-28(23-60)44(72)59-21-18-30(62)35(59)42(70)57-34(47(77)78-26)37(65)46(75)76/h24-30,32-37,60-62,64-65H,4-23H2,1-3H3,(H,52,68)(H,53,67)(H,54,69)(H,55,63)(H,56,66)(H,57,70)(H,73,74)(H,75,76)(H4,49,50,51). The molecule has 3 saturated heterocycles. The molecule has 8 amide bonds. The van der Waals surface area contributed by atoms with Gasteiger partial charge >= 0.3 is 17.9 Å². The van der Waals surface area contributed by atoms with E-state index in [9.17, 15) is 88.5 Å². The van der Waals surface area contributed by atoms with Crippen molar-refractivity contribution in [3.05, 3.63) is 0 Å². The summed E-state index contributed by atoms with van der Waals surface area (Å²) < 4.78 is 5.59. The fourth-order valence-corrected chi connectivity index (χ4v) is 9.24. The van der Waals surface area contributed by atoms with Crippen molar-refractivity contribution >= 4 is 71.1 Å². The average Bonchev–Trinajstić information content (AvgIpc) is 4.04. The second-order valence-corrected chi connectivity index (χ2v) is 19.7. The minimum absolute atomic E-state index is 0.0307. The number of amides is 8. The Morgan fingerprint density at radius 2 is 1.24 bits per heavy atom. The first-order valence-corrected chi connectivity index (χ1v) is 26.3. The molecule has 3 fully saturated rings. The molecule has 0 spiro atoms. The van der Waals surface area contributed by atoms with Crippen LogP contribution in [0.1, 0.15) is 124 Å². The molecule has 0 radical (unpaired) electrons. The van der Waals surface area contributed by atoms with Crippen molar-refractivity contribution in [2.24, 2.45) is 16.5 Å². The number of aliphatic hydroxyl groups is 5. The van der Waals surface area contributed by atoms with Crippen molar-refractivity contribution in [1.29, 1.82) is 0 Å². The number of hydrogen-bond donors (Lipinski definition) is 15. The van der Waals surface area contributed by atoms with Crippen LogP contribution in [-0.4, -0.2) is 222 Å². The van der Waals surface area contributed by atoms with E-state index in [-0.39, 0.29) is 57.6 Å². The zero-order chi connectivity index (χ0) is 58.4. The average molecular weight is 1110 g/mol. The van der Waals surface area contributed by atoms with E-state index >= 15 is 0 Å². The van der Waals surface area contributed by atoms with Crippen LogP contribution in [0.15, 0.2) is 4.99 Å². The van der Waals surface area contributed by atoms with Crippen LogP contribution in [0.2, 0.25) is 0 Å². The van der Waals surface area contributed by atoms with Crippen LogP contribution in [0.5, 0.6) is 0 Å². The number of aliphatic carboxylic acids is 2. The van der Waals surface area contributed by atoms with Crippen molar-refractivity contribution in [3.63, 3.8) is 0 Å². The number of carbonyl (C=O) groups excluding carboxylic acids is 9. The largest absolute Gasteiger partial charge is 0.479 e. The van der Waals surface area contributed by atoms with Crippen LogP contribution in [0, 0.1) is 0 Å². The van der Waals surface area contributed by atoms with Gasteiger partial charge in [0.05, 0.1) is 25.2 Å². The Hall–Kier alpha value is -6.76. The van der Waals surface area contributed by atoms with Crippen molar-refractivity contribution in [2.45, 2.75) is 202 Å². The SMILES string of the molecule is CCCCCCCCCCCC1CC(=O)NC(C(C)O)C(=O)NC(C)C(=O)N2CCCC2C(=O)NC(CCCN=C(N)N)C(=O)NC(C(O)C(=O)O)C(=O)NC(CO)C(=O)N2CCC(O)C2C(=O)NC(C(O)C(=O)O)C(=O)O1. The molecule has 13 atom stereocenters. The second kappa shape index (κ2) is 32.2. The van der Waals surface area contributed by atoms with Gasteiger partial charge in [0.2, 0.25) is 47.3 Å². The number of carbonyl (C=O) groups is 11. The van der Waals surface area contributed by atoms with Crippen LogP contribution in [0.3, 0.4) is 0 Å². The second-order valence-electron chi connectivity index (χ2n) is 19.7. The van der Waals surface area contributed by atoms with Crippen molar-refractivity contribution in [1.82, 2.24) is 41.7 Å². The van der Waals surface area contributed by atoms with E-state index in [0.717, 1.165) is 56.8 Å². The van der Waals surface area contributed by atoms with Gasteiger partial charge in [-0.3, -0.25) is 43.3 Å². The number of aliphatic imine (C=N–C) groups is 1. The van der Waals surface area contributed by atoms with Crippen molar-refractivity contribution in [3.8, 4) is 0 Å². The zero-order valence-corrected chi connectivity index (χ0v) is 44.2. The van der Waals surface area contributed by atoms with E-state index in [1.54, 1.807) is 0 Å². The third-order valence-corrected chi connectivity index (χ3v) is 13.5. The molecule has 17 N–H and O–H groups in total. The van der Waals surface area contributed by atoms with E-state index in [1.165, 1.54) is 6.92 Å². The quantitative estimate of drug-likeness (QED) is 0.0234. The van der Waals surface area contributed by atoms with Gasteiger partial charge in [0.25, 0.3) is 0 Å². The molecule has 0 saturated carbocycles. The Bertz CT molecular complexity index is 2150. The van der Waals surface area contributed by atoms with Gasteiger partial charge in [-0.25, -0.2) is 14.4 Å². The van der Waals surface area contributed by atoms with E-state index in [2.05, 4.69) is 27.9 Å². The molecule has 0 aromatic carbocycles. The molecule has 30 nitrogen and oxygen atoms in total. The van der Waals surface area contributed by atoms with Crippen LogP contribution in [0.4, 0.5) is 0 Å². The van der Waals surface area contributed by atoms with Crippen LogP contribution < -0.4 is 43.4 Å². The van der Waals surface area contributed by atoms with Crippen molar-refractivity contribution in [2.75, 3.05) is 26.2 Å². The molecular formula is C48H79N11O19. The molecule has 3 aliphatic rings. The topological polar surface area (TPSA) is 482 Å². The number of fused-ring (bicyclic) bond motifs is 2. The Kier molecular flexibility index (Phi) is 27.1. The molecule has 30 heteroatoms. The van der Waals surface area contributed by atoms with Gasteiger partial charge in [0.15, 0.2) is 24.2 Å². The summed E-state index contributed by atoms with van der Waals surface area (Å²) in [6, 6.07) is -15.3. The summed E-state index contributed by atoms with van der Waals surface area (Å²) in [5, 5.41) is 86.4. The molecule has 3 heterocycles. The highest BCUT2D eigenvalue weighted by Gasteiger charge is 2.47. The molecule has 0 aromatic heterocycles. The molecular weight excluding hydrogens is 1030 g/mol. The number of carboxylic acids is 2. The predicted molar refractivity (Wildman–Crippen MR) is 270 cm³/mol. The van der Waals surface area contributed by atoms with Gasteiger partial charge in [0.1, 0.15) is 48.4 Å². The van der Waals surface area contributed by atoms with E-state index in [4.69, 9.17) is 16.2 Å². The molecule has 440 valence electrons. The first-order valence-electron chi connectivity index (χ1n) is 26.3. The third-order valence-electron chi connectivity index (χ3n) is 13.5. The lowest BCUT2D eigenvalue weighted by Gasteiger charge is -2.32. The summed E-state index contributed by atoms with van der Waals surface area (Å²) in [6.07, 6.45) is -3.77. The zero-order valence-electron chi connectivity index (χ0n) is 44.2. The van der Waals surface area contributed by atoms with Crippen LogP contribution in [-0.2, 0) is 57.5 Å². The minimum Gasteiger partial charge on any atom is -0.479 e. The highest BCUT2D eigenvalue weighted by atomic mass is 16.5. The van der Waals surface area contributed by atoms with E-state index in [1.807, 2.05) is 16.0 Å². The summed E-state index contributed by atoms with van der Waals surface area (Å²) >= 11 is 0. The molecule has 0 bridgehead atoms. The number of hydrogen-bond acceptors (Lipinski definition) is 18. The minimum atomic E-state index is -2.77. The Balaban J connectivity index is 2.12. The summed E-state index contributed by atoms with van der Waals surface area (Å²) in [4.78, 5) is 155. The monoisotopic (exact) mass is 1110 g/mol. The number of nitrogens with two attached hydrogens (primary N) is 2. The van der Waals surface area contributed by atoms with Gasteiger partial charge < -0.3 is 93.7 Å². The normalized spacial score (nSPS) is 27.9. The maximum atomic E-state index is 14.0. The van der Waals surface area contributed by atoms with Gasteiger partial charge in [-0.1, -0.05) is 58.3 Å². The molecule has 0 aliphatic carbocycles. The summed E-state index contributed by atoms with van der Waals surface area (Å²) in [5.74, 6) is -15.6. The Labute approximate surface area is 450 Å². The number of aliphatic hydroxyl groups excluding tert-OH is 5. The first-order chi connectivity index (χ1) is 36.8. The predicted octanol–water partition coefficient (Wildman–Crippen LogP) is -5.58. The van der Waals surface area contributed by atoms with Crippen LogP contribution >= 0.6 is 0 Å². The maximum Gasteiger partial charge on any atom is 0.335 e. The fraction of sp³-hybridized carbons (Fsp3) is 0.750. The van der Waals surface area contributed by atoms with Gasteiger partial charge in [-0.15, -0.1) is 0 Å². The highest BCUT2D eigenvalue weighted by molar-refractivity contribution is 6.00. The van der Waals surface area contributed by atoms with Crippen LogP contribution in [0.25, 0.3) is 0 Å². The fourth-order valence-electron chi connectivity index (χ4n) is 9.24. The number of esters is 1. The number of ether oxygens (including phenoxy) is 1. The molecule has 3 rings (SSSR count). The summed E-state index contributed by atoms with van der Waals surface area (Å²) in [7, 11) is 0. The lowest BCUT2D eigenvalue weighted by atomic mass is 10.0. The van der Waals surface area contributed by atoms with Gasteiger partial charge in [-0.2, -0.15) is 0 Å². The molecule has 78 heavy (non-hydrogen) atoms. The van der Waals surface area contributed by atoms with Crippen molar-refractivity contribution < 1.29 is 93.2 Å². The Morgan fingerprint density at radius 3 is 1.83 bits per heavy atom. The molecule has 3 aliphatic heterocycles. The lowest BCUT2D eigenvalue weighted by molar-refractivity contribution is -0.165. The molecule has 13 unspecified atom stereocenters. The highest BCUT2D eigenvalue weighted by Crippen LogP contribution is 2.23. The number of nitrogens with one attached hydrogen (secondary N) is 6. The Morgan fingerprint density at radius 1 is 0.667 bits per heavy atom. The third kappa shape index (κ3) is 19.6. The maximum absolute atomic E-state index is 14.0. The van der Waals surface area contributed by atoms with Gasteiger partial charge in [-0.05, 0) is 58.8 Å². The van der Waals surface area contributed by atoms with Gasteiger partial charge in [0, 0.05) is 19.6 Å². The van der Waals surface area contributed by atoms with E-state index < -0.39 is 164 Å². The van der Waals surface area contributed by atoms with E-state index in [0.29, 0.717) is 17.7 Å². The number of unbranched alkanes of at least 4 members (excludes halogenated alkanes) is 8. The smallest absolute Gasteiger partial charge is 0.335 e. The molecule has 0 aromatic rings. The first kappa shape index (κ1) is 65.5. The number of rotatable bonds is 20. The summed E-state index contributed by atoms with van der Waals surface area (Å²) in [6.45, 7) is 2.57. The number of nitrogens with zero attached hydrogens (tertiary/aromatic N) is 3. The number of guanidine groups is 1. The summed E-state index contributed by atoms with van der Waals surface area (Å²) in [5.41, 5.74) is 10.8. The number of carboxylic acid groups (broad SMARTS) is 2. The number of cyclic esters (lactones) is 1.